The summed E-state index contributed by atoms with van der Waals surface area (Å²) in [5, 5.41) is 12.7. The van der Waals surface area contributed by atoms with Crippen LogP contribution in [0.3, 0.4) is 0 Å². The lowest BCUT2D eigenvalue weighted by Gasteiger charge is -2.25. The minimum absolute atomic E-state index is 0.388. The Kier molecular flexibility index (Phi) is 8.21. The fourth-order valence-electron chi connectivity index (χ4n) is 3.95. The average Bonchev–Trinajstić information content (AvgIpc) is 3.25. The first-order valence-electron chi connectivity index (χ1n) is 11.4. The average molecular weight is 479 g/mol. The molecule has 178 valence electrons. The number of pyridine rings is 1. The van der Waals surface area contributed by atoms with Crippen molar-refractivity contribution in [3.05, 3.63) is 47.9 Å². The topological polar surface area (TPSA) is 58.9 Å². The Morgan fingerprint density at radius 3 is 2.67 bits per heavy atom. The molecule has 0 radical (unpaired) electrons. The minimum Gasteiger partial charge on any atom is -0.314 e. The molecule has 1 aliphatic rings. The fourth-order valence-corrected chi connectivity index (χ4v) is 5.01. The van der Waals surface area contributed by atoms with Gasteiger partial charge in [0.2, 0.25) is 0 Å². The number of halogens is 3. The molecule has 6 nitrogen and oxygen atoms in total. The third-order valence-electron chi connectivity index (χ3n) is 5.75. The molecule has 1 fully saturated rings. The molecule has 3 heterocycles. The molecular weight excluding hydrogens is 449 g/mol. The van der Waals surface area contributed by atoms with Gasteiger partial charge in [0.15, 0.2) is 0 Å². The zero-order valence-corrected chi connectivity index (χ0v) is 19.3. The van der Waals surface area contributed by atoms with E-state index >= 15 is 0 Å². The van der Waals surface area contributed by atoms with Crippen molar-refractivity contribution in [2.45, 2.75) is 49.8 Å². The summed E-state index contributed by atoms with van der Waals surface area (Å²) in [6, 6.07) is 5.66. The normalized spacial score (nSPS) is 15.4. The Morgan fingerprint density at radius 2 is 1.85 bits per heavy atom. The second kappa shape index (κ2) is 11.3. The number of thioether (sulfide) groups is 1. The molecule has 1 saturated heterocycles. The van der Waals surface area contributed by atoms with Crippen LogP contribution in [0.15, 0.2) is 41.6 Å². The number of alkyl halides is 3. The number of fused-ring (bicyclic) bond motifs is 1. The minimum atomic E-state index is -4.35. The highest BCUT2D eigenvalue weighted by atomic mass is 32.2. The van der Waals surface area contributed by atoms with Crippen molar-refractivity contribution in [1.29, 1.82) is 0 Å². The van der Waals surface area contributed by atoms with Crippen LogP contribution in [0, 0.1) is 0 Å². The van der Waals surface area contributed by atoms with E-state index in [4.69, 9.17) is 0 Å². The molecule has 3 aromatic rings. The summed E-state index contributed by atoms with van der Waals surface area (Å²) in [5.41, 5.74) is 0.757. The van der Waals surface area contributed by atoms with Crippen LogP contribution >= 0.6 is 11.8 Å². The van der Waals surface area contributed by atoms with Crippen molar-refractivity contribution < 1.29 is 13.2 Å². The lowest BCUT2D eigenvalue weighted by Crippen LogP contribution is -2.42. The van der Waals surface area contributed by atoms with E-state index in [0.29, 0.717) is 5.52 Å². The van der Waals surface area contributed by atoms with Crippen LogP contribution in [0.4, 0.5) is 13.2 Å². The SMILES string of the molecule is FC(F)(F)c1ccc2c(SCCCCCCn3cc(CN4CCNCC4)nn3)ccnc2c1. The van der Waals surface area contributed by atoms with Gasteiger partial charge in [0.1, 0.15) is 0 Å². The quantitative estimate of drug-likeness (QED) is 0.339. The predicted molar refractivity (Wildman–Crippen MR) is 124 cm³/mol. The van der Waals surface area contributed by atoms with E-state index in [9.17, 15) is 13.2 Å². The number of aryl methyl sites for hydroxylation is 1. The van der Waals surface area contributed by atoms with Gasteiger partial charge in [0.25, 0.3) is 0 Å². The highest BCUT2D eigenvalue weighted by Gasteiger charge is 2.30. The number of unbranched alkanes of at least 4 members (excludes halogenated alkanes) is 3. The number of hydrogen-bond donors (Lipinski definition) is 1. The molecule has 1 aliphatic heterocycles. The van der Waals surface area contributed by atoms with Crippen LogP contribution < -0.4 is 5.32 Å². The van der Waals surface area contributed by atoms with Crippen molar-refractivity contribution in [2.24, 2.45) is 0 Å². The summed E-state index contributed by atoms with van der Waals surface area (Å²) in [6.07, 6.45) is 3.62. The maximum absolute atomic E-state index is 12.9. The molecule has 2 aromatic heterocycles. The smallest absolute Gasteiger partial charge is 0.314 e. The lowest BCUT2D eigenvalue weighted by atomic mass is 10.1. The Labute approximate surface area is 195 Å². The van der Waals surface area contributed by atoms with E-state index in [0.717, 1.165) is 98.8 Å². The van der Waals surface area contributed by atoms with E-state index in [1.165, 1.54) is 6.07 Å². The molecular formula is C23H29F3N6S. The monoisotopic (exact) mass is 478 g/mol. The number of aromatic nitrogens is 4. The zero-order chi connectivity index (χ0) is 23.1. The van der Waals surface area contributed by atoms with E-state index in [2.05, 4.69) is 31.7 Å². The zero-order valence-electron chi connectivity index (χ0n) is 18.5. The summed E-state index contributed by atoms with van der Waals surface area (Å²) in [6.45, 7) is 5.90. The largest absolute Gasteiger partial charge is 0.416 e. The number of benzene rings is 1. The Bertz CT molecular complexity index is 1030. The van der Waals surface area contributed by atoms with Gasteiger partial charge in [0.05, 0.1) is 16.8 Å². The summed E-state index contributed by atoms with van der Waals surface area (Å²) >= 11 is 1.68. The molecule has 10 heteroatoms. The number of hydrogen-bond acceptors (Lipinski definition) is 6. The van der Waals surface area contributed by atoms with Gasteiger partial charge in [-0.3, -0.25) is 14.6 Å². The van der Waals surface area contributed by atoms with E-state index in [1.807, 2.05) is 10.7 Å². The lowest BCUT2D eigenvalue weighted by molar-refractivity contribution is -0.137. The van der Waals surface area contributed by atoms with Crippen molar-refractivity contribution in [3.8, 4) is 0 Å². The second-order valence-corrected chi connectivity index (χ2v) is 9.44. The van der Waals surface area contributed by atoms with Crippen LogP contribution in [0.2, 0.25) is 0 Å². The van der Waals surface area contributed by atoms with Crippen molar-refractivity contribution in [2.75, 3.05) is 31.9 Å². The molecule has 0 aliphatic carbocycles. The third-order valence-corrected chi connectivity index (χ3v) is 6.91. The van der Waals surface area contributed by atoms with Gasteiger partial charge in [-0.25, -0.2) is 0 Å². The van der Waals surface area contributed by atoms with E-state index < -0.39 is 11.7 Å². The number of piperazine rings is 1. The van der Waals surface area contributed by atoms with Crippen LogP contribution in [-0.2, 0) is 19.3 Å². The molecule has 1 N–H and O–H groups in total. The fraction of sp³-hybridized carbons (Fsp3) is 0.522. The van der Waals surface area contributed by atoms with Gasteiger partial charge < -0.3 is 5.32 Å². The molecule has 0 spiro atoms. The Hall–Kier alpha value is -2.17. The first-order chi connectivity index (χ1) is 16.0. The molecule has 0 amide bonds. The molecule has 0 atom stereocenters. The van der Waals surface area contributed by atoms with Gasteiger partial charge in [0, 0.05) is 61.9 Å². The van der Waals surface area contributed by atoms with Gasteiger partial charge in [-0.1, -0.05) is 24.1 Å². The van der Waals surface area contributed by atoms with Gasteiger partial charge >= 0.3 is 6.18 Å². The Morgan fingerprint density at radius 1 is 1.03 bits per heavy atom. The number of nitrogens with zero attached hydrogens (tertiary/aromatic N) is 5. The molecule has 0 saturated carbocycles. The molecule has 1 aromatic carbocycles. The molecule has 0 unspecified atom stereocenters. The maximum Gasteiger partial charge on any atom is 0.416 e. The van der Waals surface area contributed by atoms with Gasteiger partial charge in [-0.05, 0) is 36.8 Å². The van der Waals surface area contributed by atoms with E-state index in [1.54, 1.807) is 18.0 Å². The molecule has 4 rings (SSSR count). The van der Waals surface area contributed by atoms with Crippen molar-refractivity contribution in [3.63, 3.8) is 0 Å². The van der Waals surface area contributed by atoms with Crippen LogP contribution in [0.1, 0.15) is 36.9 Å². The highest BCUT2D eigenvalue weighted by Crippen LogP contribution is 2.33. The Balaban J connectivity index is 1.15. The summed E-state index contributed by atoms with van der Waals surface area (Å²) in [4.78, 5) is 7.49. The standard InChI is InChI=1S/C23H29F3N6S/c24-23(25,26)18-5-6-20-21(15-18)28-8-7-22(20)33-14-4-2-1-3-11-32-17-19(29-30-32)16-31-12-9-27-10-13-31/h5-8,15,17,27H,1-4,9-14,16H2. The van der Waals surface area contributed by atoms with E-state index in [-0.39, 0.29) is 0 Å². The first-order valence-corrected chi connectivity index (χ1v) is 12.4. The summed E-state index contributed by atoms with van der Waals surface area (Å²) < 4.78 is 40.7. The molecule has 33 heavy (non-hydrogen) atoms. The molecule has 0 bridgehead atoms. The van der Waals surface area contributed by atoms with Gasteiger partial charge in [-0.15, -0.1) is 16.9 Å². The summed E-state index contributed by atoms with van der Waals surface area (Å²) in [5.74, 6) is 0.929. The van der Waals surface area contributed by atoms with Crippen molar-refractivity contribution >= 4 is 22.7 Å². The summed E-state index contributed by atoms with van der Waals surface area (Å²) in [7, 11) is 0. The van der Waals surface area contributed by atoms with Crippen molar-refractivity contribution in [1.82, 2.24) is 30.2 Å². The van der Waals surface area contributed by atoms with Gasteiger partial charge in [-0.2, -0.15) is 13.2 Å². The third kappa shape index (κ3) is 6.91. The maximum atomic E-state index is 12.9. The number of rotatable bonds is 10. The predicted octanol–water partition coefficient (Wildman–Crippen LogP) is 4.60. The van der Waals surface area contributed by atoms with Crippen LogP contribution in [0.5, 0.6) is 0 Å². The number of nitrogens with one attached hydrogen (secondary N) is 1. The van der Waals surface area contributed by atoms with Crippen LogP contribution in [-0.4, -0.2) is 56.8 Å². The highest BCUT2D eigenvalue weighted by molar-refractivity contribution is 7.99. The first kappa shape index (κ1) is 24.0. The van der Waals surface area contributed by atoms with Crippen LogP contribution in [0.25, 0.3) is 10.9 Å². The second-order valence-electron chi connectivity index (χ2n) is 8.30.